The molecular formula is C34H42N2O3. The molecule has 1 atom stereocenters. The SMILES string of the molecule is Cc1ccccc1CN(C(=O)COc1ccc(C(C)C)cc1)C(Cc1ccccc1)C(=O)NC1CCCCC1. The Balaban J connectivity index is 1.59. The lowest BCUT2D eigenvalue weighted by atomic mass is 9.94. The van der Waals surface area contributed by atoms with Gasteiger partial charge in [-0.1, -0.05) is 99.8 Å². The van der Waals surface area contributed by atoms with Crippen molar-refractivity contribution in [2.75, 3.05) is 6.61 Å². The summed E-state index contributed by atoms with van der Waals surface area (Å²) in [6.07, 6.45) is 5.90. The van der Waals surface area contributed by atoms with Gasteiger partial charge < -0.3 is 15.0 Å². The molecule has 5 heteroatoms. The van der Waals surface area contributed by atoms with E-state index in [4.69, 9.17) is 4.74 Å². The second-order valence-corrected chi connectivity index (χ2v) is 11.0. The Labute approximate surface area is 233 Å². The van der Waals surface area contributed by atoms with Crippen molar-refractivity contribution in [3.8, 4) is 5.75 Å². The van der Waals surface area contributed by atoms with Crippen LogP contribution in [0.4, 0.5) is 0 Å². The van der Waals surface area contributed by atoms with E-state index in [2.05, 4.69) is 19.2 Å². The van der Waals surface area contributed by atoms with E-state index >= 15 is 0 Å². The van der Waals surface area contributed by atoms with Crippen LogP contribution in [0.2, 0.25) is 0 Å². The quantitative estimate of drug-likeness (QED) is 0.307. The number of hydrogen-bond donors (Lipinski definition) is 1. The highest BCUT2D eigenvalue weighted by Crippen LogP contribution is 2.22. The Morgan fingerprint density at radius 1 is 0.897 bits per heavy atom. The van der Waals surface area contributed by atoms with E-state index in [1.165, 1.54) is 12.0 Å². The Morgan fingerprint density at radius 2 is 1.56 bits per heavy atom. The molecule has 1 aliphatic rings. The minimum Gasteiger partial charge on any atom is -0.484 e. The van der Waals surface area contributed by atoms with E-state index in [9.17, 15) is 9.59 Å². The van der Waals surface area contributed by atoms with E-state index in [0.29, 0.717) is 24.6 Å². The molecule has 0 spiro atoms. The summed E-state index contributed by atoms with van der Waals surface area (Å²) in [5, 5.41) is 3.29. The molecule has 4 rings (SSSR count). The smallest absolute Gasteiger partial charge is 0.261 e. The molecule has 3 aromatic carbocycles. The van der Waals surface area contributed by atoms with Crippen LogP contribution < -0.4 is 10.1 Å². The molecule has 0 aliphatic heterocycles. The predicted molar refractivity (Wildman–Crippen MR) is 157 cm³/mol. The lowest BCUT2D eigenvalue weighted by Gasteiger charge is -2.33. The molecule has 5 nitrogen and oxygen atoms in total. The predicted octanol–water partition coefficient (Wildman–Crippen LogP) is 6.59. The second-order valence-electron chi connectivity index (χ2n) is 11.0. The fourth-order valence-corrected chi connectivity index (χ4v) is 5.25. The number of rotatable bonds is 11. The molecule has 1 unspecified atom stereocenters. The number of ether oxygens (including phenoxy) is 1. The van der Waals surface area contributed by atoms with Gasteiger partial charge in [0.1, 0.15) is 11.8 Å². The highest BCUT2D eigenvalue weighted by molar-refractivity contribution is 5.88. The van der Waals surface area contributed by atoms with Gasteiger partial charge in [0, 0.05) is 19.0 Å². The third kappa shape index (κ3) is 8.19. The van der Waals surface area contributed by atoms with Crippen molar-refractivity contribution in [1.29, 1.82) is 0 Å². The van der Waals surface area contributed by atoms with Crippen molar-refractivity contribution in [2.24, 2.45) is 0 Å². The maximum absolute atomic E-state index is 13.9. The first kappa shape index (κ1) is 28.4. The van der Waals surface area contributed by atoms with E-state index in [1.54, 1.807) is 4.90 Å². The molecule has 0 bridgehead atoms. The number of hydrogen-bond acceptors (Lipinski definition) is 3. The molecule has 0 heterocycles. The maximum Gasteiger partial charge on any atom is 0.261 e. The minimum absolute atomic E-state index is 0.0889. The maximum atomic E-state index is 13.9. The number of aryl methyl sites for hydroxylation is 1. The van der Waals surface area contributed by atoms with E-state index in [1.807, 2.05) is 85.8 Å². The van der Waals surface area contributed by atoms with Gasteiger partial charge in [-0.15, -0.1) is 0 Å². The van der Waals surface area contributed by atoms with Crippen LogP contribution >= 0.6 is 0 Å². The Bertz CT molecular complexity index is 1200. The van der Waals surface area contributed by atoms with Crippen LogP contribution in [0.1, 0.15) is 74.1 Å². The van der Waals surface area contributed by atoms with Crippen molar-refractivity contribution < 1.29 is 14.3 Å². The van der Waals surface area contributed by atoms with Gasteiger partial charge in [-0.05, 0) is 60.1 Å². The number of nitrogens with zero attached hydrogens (tertiary/aromatic N) is 1. The van der Waals surface area contributed by atoms with Crippen LogP contribution in [0.15, 0.2) is 78.9 Å². The van der Waals surface area contributed by atoms with Crippen molar-refractivity contribution in [3.05, 3.63) is 101 Å². The zero-order valence-corrected chi connectivity index (χ0v) is 23.6. The van der Waals surface area contributed by atoms with Gasteiger partial charge in [0.05, 0.1) is 0 Å². The lowest BCUT2D eigenvalue weighted by Crippen LogP contribution is -2.53. The van der Waals surface area contributed by atoms with Gasteiger partial charge in [0.2, 0.25) is 5.91 Å². The Hall–Kier alpha value is -3.60. The molecular weight excluding hydrogens is 484 g/mol. The summed E-state index contributed by atoms with van der Waals surface area (Å²) in [4.78, 5) is 29.4. The fourth-order valence-electron chi connectivity index (χ4n) is 5.25. The van der Waals surface area contributed by atoms with Crippen LogP contribution in [-0.4, -0.2) is 35.4 Å². The highest BCUT2D eigenvalue weighted by Gasteiger charge is 2.32. The third-order valence-electron chi connectivity index (χ3n) is 7.73. The van der Waals surface area contributed by atoms with Crippen LogP contribution in [0.25, 0.3) is 0 Å². The normalized spacial score (nSPS) is 14.6. The summed E-state index contributed by atoms with van der Waals surface area (Å²) in [5.41, 5.74) is 4.36. The molecule has 1 aliphatic carbocycles. The van der Waals surface area contributed by atoms with Crippen molar-refractivity contribution in [2.45, 2.75) is 83.8 Å². The molecule has 206 valence electrons. The largest absolute Gasteiger partial charge is 0.484 e. The first-order valence-corrected chi connectivity index (χ1v) is 14.3. The number of benzene rings is 3. The van der Waals surface area contributed by atoms with Crippen LogP contribution in [-0.2, 0) is 22.6 Å². The molecule has 39 heavy (non-hydrogen) atoms. The van der Waals surface area contributed by atoms with Crippen molar-refractivity contribution in [3.63, 3.8) is 0 Å². The van der Waals surface area contributed by atoms with Crippen LogP contribution in [0, 0.1) is 6.92 Å². The molecule has 0 saturated heterocycles. The first-order chi connectivity index (χ1) is 18.9. The molecule has 0 aromatic heterocycles. The summed E-state index contributed by atoms with van der Waals surface area (Å²) in [6, 6.07) is 25.4. The van der Waals surface area contributed by atoms with Crippen LogP contribution in [0.5, 0.6) is 5.75 Å². The number of amides is 2. The molecule has 0 radical (unpaired) electrons. The lowest BCUT2D eigenvalue weighted by molar-refractivity contribution is -0.143. The van der Waals surface area contributed by atoms with Gasteiger partial charge in [-0.3, -0.25) is 9.59 Å². The number of carbonyl (C=O) groups is 2. The van der Waals surface area contributed by atoms with Gasteiger partial charge in [0.25, 0.3) is 5.91 Å². The first-order valence-electron chi connectivity index (χ1n) is 14.3. The van der Waals surface area contributed by atoms with Crippen molar-refractivity contribution in [1.82, 2.24) is 10.2 Å². The van der Waals surface area contributed by atoms with E-state index in [0.717, 1.165) is 42.4 Å². The standard InChI is InChI=1S/C34H42N2O3/c1-25(2)28-18-20-31(21-19-28)39-24-33(37)36(23-29-15-11-10-12-26(29)3)32(22-27-13-6-4-7-14-27)34(38)35-30-16-8-5-9-17-30/h4,6-7,10-15,18-21,25,30,32H,5,8-9,16-17,22-24H2,1-3H3,(H,35,38). The fraction of sp³-hybridized carbons (Fsp3) is 0.412. The molecule has 1 N–H and O–H groups in total. The molecule has 3 aromatic rings. The summed E-state index contributed by atoms with van der Waals surface area (Å²) >= 11 is 0. The second kappa shape index (κ2) is 14.0. The zero-order chi connectivity index (χ0) is 27.6. The highest BCUT2D eigenvalue weighted by atomic mass is 16.5. The Kier molecular flexibility index (Phi) is 10.2. The zero-order valence-electron chi connectivity index (χ0n) is 23.6. The van der Waals surface area contributed by atoms with Gasteiger partial charge in [0.15, 0.2) is 6.61 Å². The van der Waals surface area contributed by atoms with E-state index in [-0.39, 0.29) is 24.5 Å². The minimum atomic E-state index is -0.645. The average molecular weight is 527 g/mol. The van der Waals surface area contributed by atoms with Crippen LogP contribution in [0.3, 0.4) is 0 Å². The topological polar surface area (TPSA) is 58.6 Å². The molecule has 2 amide bonds. The van der Waals surface area contributed by atoms with Gasteiger partial charge >= 0.3 is 0 Å². The van der Waals surface area contributed by atoms with Gasteiger partial charge in [-0.25, -0.2) is 0 Å². The molecule has 1 saturated carbocycles. The average Bonchev–Trinajstić information content (AvgIpc) is 2.95. The Morgan fingerprint density at radius 3 is 2.23 bits per heavy atom. The summed E-state index contributed by atoms with van der Waals surface area (Å²) < 4.78 is 5.96. The van der Waals surface area contributed by atoms with E-state index < -0.39 is 6.04 Å². The summed E-state index contributed by atoms with van der Waals surface area (Å²) in [6.45, 7) is 6.55. The third-order valence-corrected chi connectivity index (χ3v) is 7.73. The monoisotopic (exact) mass is 526 g/mol. The van der Waals surface area contributed by atoms with Gasteiger partial charge in [-0.2, -0.15) is 0 Å². The summed E-state index contributed by atoms with van der Waals surface area (Å²) in [7, 11) is 0. The number of carbonyl (C=O) groups excluding carboxylic acids is 2. The van der Waals surface area contributed by atoms with Crippen molar-refractivity contribution >= 4 is 11.8 Å². The molecule has 1 fully saturated rings. The number of nitrogens with one attached hydrogen (secondary N) is 1. The summed E-state index contributed by atoms with van der Waals surface area (Å²) in [5.74, 6) is 0.779.